The highest BCUT2D eigenvalue weighted by Crippen LogP contribution is 2.33. The summed E-state index contributed by atoms with van der Waals surface area (Å²) >= 11 is 0. The quantitative estimate of drug-likeness (QED) is 0.608. The highest BCUT2D eigenvalue weighted by Gasteiger charge is 2.32. The van der Waals surface area contributed by atoms with E-state index in [0.717, 1.165) is 38.0 Å². The maximum Gasteiger partial charge on any atom is 0.0778 e. The van der Waals surface area contributed by atoms with Crippen molar-refractivity contribution in [1.82, 2.24) is 21.4 Å². The predicted octanol–water partition coefficient (Wildman–Crippen LogP) is 0.583. The Hall–Kier alpha value is -0.200. The molecule has 0 radical (unpaired) electrons. The van der Waals surface area contributed by atoms with Gasteiger partial charge in [0.05, 0.1) is 12.3 Å². The van der Waals surface area contributed by atoms with Crippen LogP contribution < -0.4 is 21.4 Å². The number of nitrogens with one attached hydrogen (secondary N) is 4. The van der Waals surface area contributed by atoms with Gasteiger partial charge in [0.2, 0.25) is 0 Å². The molecule has 4 N–H and O–H groups in total. The molecule has 1 saturated carbocycles. The summed E-state index contributed by atoms with van der Waals surface area (Å²) in [5, 5.41) is 10.6. The van der Waals surface area contributed by atoms with Gasteiger partial charge in [0, 0.05) is 25.7 Å². The lowest BCUT2D eigenvalue weighted by Gasteiger charge is -2.33. The van der Waals surface area contributed by atoms with Crippen molar-refractivity contribution in [3.05, 3.63) is 0 Å². The third kappa shape index (κ3) is 3.92. The summed E-state index contributed by atoms with van der Waals surface area (Å²) in [7, 11) is 0. The normalized spacial score (nSPS) is 42.8. The zero-order valence-electron chi connectivity index (χ0n) is 12.7. The van der Waals surface area contributed by atoms with Gasteiger partial charge >= 0.3 is 0 Å². The first kappa shape index (κ1) is 14.7. The molecule has 0 spiro atoms. The zero-order valence-corrected chi connectivity index (χ0v) is 12.7. The van der Waals surface area contributed by atoms with Gasteiger partial charge < -0.3 is 10.6 Å². The Kier molecular flexibility index (Phi) is 5.29. The van der Waals surface area contributed by atoms with Crippen LogP contribution >= 0.6 is 0 Å². The molecule has 3 atom stereocenters. The van der Waals surface area contributed by atoms with E-state index in [1.165, 1.54) is 32.1 Å². The predicted molar refractivity (Wildman–Crippen MR) is 80.2 cm³/mol. The molecule has 1 aliphatic carbocycles. The summed E-state index contributed by atoms with van der Waals surface area (Å²) in [6.45, 7) is 6.55. The second-order valence-corrected chi connectivity index (χ2v) is 6.79. The smallest absolute Gasteiger partial charge is 0.0778 e. The molecule has 0 aromatic heterocycles. The lowest BCUT2D eigenvalue weighted by Crippen LogP contribution is -2.56. The number of hydrogen-bond acceptors (Lipinski definition) is 5. The first-order chi connectivity index (χ1) is 9.81. The van der Waals surface area contributed by atoms with Crippen molar-refractivity contribution in [2.24, 2.45) is 11.8 Å². The molecule has 0 bridgehead atoms. The lowest BCUT2D eigenvalue weighted by atomic mass is 9.77. The summed E-state index contributed by atoms with van der Waals surface area (Å²) in [6, 6.07) is 0.600. The summed E-state index contributed by atoms with van der Waals surface area (Å²) in [5.41, 5.74) is 3.24. The molecule has 2 heterocycles. The molecule has 116 valence electrons. The number of rotatable bonds is 4. The van der Waals surface area contributed by atoms with Crippen LogP contribution in [-0.2, 0) is 4.84 Å². The molecule has 3 aliphatic rings. The van der Waals surface area contributed by atoms with Gasteiger partial charge in [-0.15, -0.1) is 0 Å². The summed E-state index contributed by atoms with van der Waals surface area (Å²) < 4.78 is 0. The van der Waals surface area contributed by atoms with Crippen LogP contribution in [0, 0.1) is 11.8 Å². The Labute approximate surface area is 122 Å². The minimum atomic E-state index is 0.393. The fourth-order valence-electron chi connectivity index (χ4n) is 3.85. The second kappa shape index (κ2) is 7.18. The fraction of sp³-hybridized carbons (Fsp3) is 1.00. The average Bonchev–Trinajstić information content (AvgIpc) is 2.93. The zero-order chi connectivity index (χ0) is 13.8. The van der Waals surface area contributed by atoms with Gasteiger partial charge in [0.1, 0.15) is 0 Å². The van der Waals surface area contributed by atoms with Crippen molar-refractivity contribution < 1.29 is 4.84 Å². The van der Waals surface area contributed by atoms with Crippen molar-refractivity contribution in [3.63, 3.8) is 0 Å². The molecule has 0 amide bonds. The van der Waals surface area contributed by atoms with E-state index >= 15 is 0 Å². The van der Waals surface area contributed by atoms with Crippen molar-refractivity contribution in [2.45, 2.75) is 57.3 Å². The Morgan fingerprint density at radius 1 is 1.15 bits per heavy atom. The van der Waals surface area contributed by atoms with Crippen LogP contribution in [0.4, 0.5) is 0 Å². The van der Waals surface area contributed by atoms with Crippen LogP contribution in [0.1, 0.15) is 39.0 Å². The third-order valence-electron chi connectivity index (χ3n) is 5.16. The molecule has 5 nitrogen and oxygen atoms in total. The molecule has 20 heavy (non-hydrogen) atoms. The molecule has 0 aromatic carbocycles. The SMILES string of the molecule is CC1CC(C2CCC(CNC3CNCCN3)CC2)NO1. The van der Waals surface area contributed by atoms with Crippen LogP contribution in [0.25, 0.3) is 0 Å². The maximum absolute atomic E-state index is 5.49. The second-order valence-electron chi connectivity index (χ2n) is 6.79. The van der Waals surface area contributed by atoms with Crippen LogP contribution in [-0.4, -0.2) is 44.5 Å². The van der Waals surface area contributed by atoms with Crippen LogP contribution in [0.5, 0.6) is 0 Å². The van der Waals surface area contributed by atoms with Gasteiger partial charge in [-0.25, -0.2) is 0 Å². The van der Waals surface area contributed by atoms with Gasteiger partial charge in [0.25, 0.3) is 0 Å². The van der Waals surface area contributed by atoms with Crippen molar-refractivity contribution in [1.29, 1.82) is 0 Å². The Bertz CT molecular complexity index is 288. The Morgan fingerprint density at radius 2 is 2.00 bits per heavy atom. The summed E-state index contributed by atoms with van der Waals surface area (Å²) in [4.78, 5) is 5.49. The molecule has 2 aliphatic heterocycles. The van der Waals surface area contributed by atoms with E-state index in [9.17, 15) is 0 Å². The summed E-state index contributed by atoms with van der Waals surface area (Å²) in [5.74, 6) is 1.68. The van der Waals surface area contributed by atoms with E-state index in [1.54, 1.807) is 0 Å². The molecule has 3 fully saturated rings. The Morgan fingerprint density at radius 3 is 2.65 bits per heavy atom. The van der Waals surface area contributed by atoms with E-state index < -0.39 is 0 Å². The molecular weight excluding hydrogens is 252 g/mol. The van der Waals surface area contributed by atoms with Crippen LogP contribution in [0.2, 0.25) is 0 Å². The van der Waals surface area contributed by atoms with E-state index in [1.807, 2.05) is 0 Å². The van der Waals surface area contributed by atoms with Gasteiger partial charge in [0.15, 0.2) is 0 Å². The number of hydrogen-bond donors (Lipinski definition) is 4. The lowest BCUT2D eigenvalue weighted by molar-refractivity contribution is 0.0269. The topological polar surface area (TPSA) is 57.3 Å². The molecule has 3 rings (SSSR count). The first-order valence-corrected chi connectivity index (χ1v) is 8.40. The minimum absolute atomic E-state index is 0.393. The molecule has 5 heteroatoms. The van der Waals surface area contributed by atoms with E-state index in [0.29, 0.717) is 18.3 Å². The van der Waals surface area contributed by atoms with Crippen molar-refractivity contribution in [2.75, 3.05) is 26.2 Å². The number of piperazine rings is 1. The first-order valence-electron chi connectivity index (χ1n) is 8.40. The van der Waals surface area contributed by atoms with Gasteiger partial charge in [-0.05, 0) is 57.4 Å². The van der Waals surface area contributed by atoms with Crippen molar-refractivity contribution in [3.8, 4) is 0 Å². The van der Waals surface area contributed by atoms with Gasteiger partial charge in [-0.1, -0.05) is 0 Å². The van der Waals surface area contributed by atoms with Gasteiger partial charge in [-0.3, -0.25) is 10.2 Å². The van der Waals surface area contributed by atoms with Crippen molar-refractivity contribution >= 4 is 0 Å². The van der Waals surface area contributed by atoms with E-state index in [2.05, 4.69) is 28.4 Å². The fourth-order valence-corrected chi connectivity index (χ4v) is 3.85. The van der Waals surface area contributed by atoms with Gasteiger partial charge in [-0.2, -0.15) is 5.48 Å². The summed E-state index contributed by atoms with van der Waals surface area (Å²) in [6.07, 6.45) is 7.49. The maximum atomic E-state index is 5.49. The third-order valence-corrected chi connectivity index (χ3v) is 5.16. The van der Waals surface area contributed by atoms with E-state index in [4.69, 9.17) is 4.84 Å². The number of hydroxylamine groups is 1. The van der Waals surface area contributed by atoms with Crippen LogP contribution in [0.15, 0.2) is 0 Å². The Balaban J connectivity index is 1.33. The molecule has 3 unspecified atom stereocenters. The highest BCUT2D eigenvalue weighted by atomic mass is 16.7. The van der Waals surface area contributed by atoms with E-state index in [-0.39, 0.29) is 0 Å². The largest absolute Gasteiger partial charge is 0.313 e. The standard InChI is InChI=1S/C15H30N4O/c1-11-8-14(19-20-11)13-4-2-12(3-5-13)9-18-15-10-16-6-7-17-15/h11-19H,2-10H2,1H3. The molecular formula is C15H30N4O. The molecule has 0 aromatic rings. The average molecular weight is 282 g/mol. The van der Waals surface area contributed by atoms with Crippen LogP contribution in [0.3, 0.4) is 0 Å². The highest BCUT2D eigenvalue weighted by molar-refractivity contribution is 4.85. The minimum Gasteiger partial charge on any atom is -0.313 e. The monoisotopic (exact) mass is 282 g/mol. The molecule has 2 saturated heterocycles.